The Labute approximate surface area is 154 Å². The highest BCUT2D eigenvalue weighted by molar-refractivity contribution is 14.1. The SMILES string of the molecule is Fc1ccc(-n2nc(-c3cccc(I)c3)c3c2NCCCC3)cc1. The molecule has 0 saturated carbocycles. The first-order chi connectivity index (χ1) is 11.7. The molecule has 0 spiro atoms. The van der Waals surface area contributed by atoms with E-state index in [0.29, 0.717) is 0 Å². The predicted molar refractivity (Wildman–Crippen MR) is 103 cm³/mol. The Morgan fingerprint density at radius 2 is 1.92 bits per heavy atom. The maximum Gasteiger partial charge on any atom is 0.133 e. The molecule has 0 bridgehead atoms. The molecule has 5 heteroatoms. The van der Waals surface area contributed by atoms with E-state index in [1.807, 2.05) is 4.68 Å². The molecule has 0 fully saturated rings. The average Bonchev–Trinajstić information content (AvgIpc) is 2.77. The molecule has 4 rings (SSSR count). The number of nitrogens with one attached hydrogen (secondary N) is 1. The van der Waals surface area contributed by atoms with Crippen molar-refractivity contribution in [1.82, 2.24) is 9.78 Å². The molecular formula is C19H17FIN3. The fraction of sp³-hybridized carbons (Fsp3) is 0.211. The smallest absolute Gasteiger partial charge is 0.133 e. The first-order valence-electron chi connectivity index (χ1n) is 8.10. The molecule has 122 valence electrons. The van der Waals surface area contributed by atoms with Gasteiger partial charge in [0.15, 0.2) is 0 Å². The van der Waals surface area contributed by atoms with Gasteiger partial charge in [-0.25, -0.2) is 9.07 Å². The van der Waals surface area contributed by atoms with Crippen molar-refractivity contribution in [3.05, 3.63) is 63.5 Å². The molecule has 3 aromatic rings. The number of rotatable bonds is 2. The van der Waals surface area contributed by atoms with Crippen molar-refractivity contribution in [2.75, 3.05) is 11.9 Å². The largest absolute Gasteiger partial charge is 0.370 e. The van der Waals surface area contributed by atoms with Crippen molar-refractivity contribution in [1.29, 1.82) is 0 Å². The van der Waals surface area contributed by atoms with Crippen molar-refractivity contribution >= 4 is 28.4 Å². The molecule has 1 aromatic heterocycles. The van der Waals surface area contributed by atoms with Crippen molar-refractivity contribution in [2.45, 2.75) is 19.3 Å². The van der Waals surface area contributed by atoms with E-state index < -0.39 is 0 Å². The van der Waals surface area contributed by atoms with Gasteiger partial charge in [-0.15, -0.1) is 0 Å². The van der Waals surface area contributed by atoms with Gasteiger partial charge in [-0.05, 0) is 78.3 Å². The van der Waals surface area contributed by atoms with Crippen molar-refractivity contribution < 1.29 is 4.39 Å². The highest BCUT2D eigenvalue weighted by Crippen LogP contribution is 2.34. The molecule has 2 aromatic carbocycles. The van der Waals surface area contributed by atoms with E-state index in [1.165, 1.54) is 21.3 Å². The van der Waals surface area contributed by atoms with Gasteiger partial charge in [0, 0.05) is 21.2 Å². The summed E-state index contributed by atoms with van der Waals surface area (Å²) < 4.78 is 16.4. The van der Waals surface area contributed by atoms with Crippen LogP contribution in [0.15, 0.2) is 48.5 Å². The highest BCUT2D eigenvalue weighted by Gasteiger charge is 2.21. The van der Waals surface area contributed by atoms with E-state index in [2.05, 4.69) is 52.2 Å². The minimum atomic E-state index is -0.234. The molecule has 0 amide bonds. The third kappa shape index (κ3) is 2.92. The second-order valence-corrected chi connectivity index (χ2v) is 7.20. The fourth-order valence-corrected chi connectivity index (χ4v) is 3.68. The monoisotopic (exact) mass is 433 g/mol. The van der Waals surface area contributed by atoms with Crippen LogP contribution in [0.1, 0.15) is 18.4 Å². The summed E-state index contributed by atoms with van der Waals surface area (Å²) in [7, 11) is 0. The van der Waals surface area contributed by atoms with E-state index >= 15 is 0 Å². The van der Waals surface area contributed by atoms with Gasteiger partial charge in [-0.3, -0.25) is 0 Å². The van der Waals surface area contributed by atoms with Crippen LogP contribution in [-0.4, -0.2) is 16.3 Å². The number of nitrogens with zero attached hydrogens (tertiary/aromatic N) is 2. The number of halogens is 2. The van der Waals surface area contributed by atoms with Gasteiger partial charge < -0.3 is 5.32 Å². The molecule has 2 heterocycles. The normalized spacial score (nSPS) is 13.9. The Morgan fingerprint density at radius 3 is 2.71 bits per heavy atom. The number of fused-ring (bicyclic) bond motifs is 1. The molecule has 0 aliphatic carbocycles. The van der Waals surface area contributed by atoms with Gasteiger partial charge in [0.1, 0.15) is 11.6 Å². The number of anilines is 1. The molecule has 1 aliphatic heterocycles. The summed E-state index contributed by atoms with van der Waals surface area (Å²) in [6, 6.07) is 14.9. The molecule has 0 radical (unpaired) electrons. The Hall–Kier alpha value is -1.89. The van der Waals surface area contributed by atoms with Crippen LogP contribution in [0.25, 0.3) is 16.9 Å². The molecular weight excluding hydrogens is 416 g/mol. The zero-order chi connectivity index (χ0) is 16.5. The third-order valence-corrected chi connectivity index (χ3v) is 4.97. The van der Waals surface area contributed by atoms with Gasteiger partial charge in [0.2, 0.25) is 0 Å². The standard InChI is InChI=1S/C19H17FIN3/c20-14-7-9-16(10-8-14)24-19-17(6-1-2-11-22-19)18(23-24)13-4-3-5-15(21)12-13/h3-5,7-10,12,22H,1-2,6,11H2. The maximum atomic E-state index is 13.3. The van der Waals surface area contributed by atoms with Crippen LogP contribution in [-0.2, 0) is 6.42 Å². The van der Waals surface area contributed by atoms with Gasteiger partial charge in [0.25, 0.3) is 0 Å². The van der Waals surface area contributed by atoms with E-state index in [4.69, 9.17) is 5.10 Å². The third-order valence-electron chi connectivity index (χ3n) is 4.30. The van der Waals surface area contributed by atoms with Crippen molar-refractivity contribution in [2.24, 2.45) is 0 Å². The molecule has 0 unspecified atom stereocenters. The molecule has 1 aliphatic rings. The van der Waals surface area contributed by atoms with Crippen LogP contribution in [0, 0.1) is 9.39 Å². The van der Waals surface area contributed by atoms with E-state index in [0.717, 1.165) is 48.6 Å². The zero-order valence-electron chi connectivity index (χ0n) is 13.1. The predicted octanol–water partition coefficient (Wildman–Crippen LogP) is 5.03. The number of benzene rings is 2. The first kappa shape index (κ1) is 15.6. The van der Waals surface area contributed by atoms with Crippen molar-refractivity contribution in [3.8, 4) is 16.9 Å². The summed E-state index contributed by atoms with van der Waals surface area (Å²) in [6.07, 6.45) is 3.29. The molecule has 0 saturated heterocycles. The summed E-state index contributed by atoms with van der Waals surface area (Å²) in [5, 5.41) is 8.39. The first-order valence-corrected chi connectivity index (χ1v) is 9.18. The minimum Gasteiger partial charge on any atom is -0.370 e. The van der Waals surface area contributed by atoms with Crippen LogP contribution in [0.2, 0.25) is 0 Å². The lowest BCUT2D eigenvalue weighted by Crippen LogP contribution is -2.07. The number of aromatic nitrogens is 2. The van der Waals surface area contributed by atoms with Crippen LogP contribution < -0.4 is 5.32 Å². The quantitative estimate of drug-likeness (QED) is 0.575. The van der Waals surface area contributed by atoms with E-state index in [9.17, 15) is 4.39 Å². The molecule has 3 nitrogen and oxygen atoms in total. The Kier molecular flexibility index (Phi) is 4.26. The Bertz CT molecular complexity index is 871. The lowest BCUT2D eigenvalue weighted by atomic mass is 10.0. The van der Waals surface area contributed by atoms with Gasteiger partial charge >= 0.3 is 0 Å². The fourth-order valence-electron chi connectivity index (χ4n) is 3.14. The summed E-state index contributed by atoms with van der Waals surface area (Å²) in [4.78, 5) is 0. The zero-order valence-corrected chi connectivity index (χ0v) is 15.3. The second kappa shape index (κ2) is 6.55. The summed E-state index contributed by atoms with van der Waals surface area (Å²) in [5.74, 6) is 0.802. The lowest BCUT2D eigenvalue weighted by molar-refractivity contribution is 0.627. The lowest BCUT2D eigenvalue weighted by Gasteiger charge is -2.09. The molecule has 0 atom stereocenters. The maximum absolute atomic E-state index is 13.3. The van der Waals surface area contributed by atoms with Crippen LogP contribution in [0.4, 0.5) is 10.2 Å². The summed E-state index contributed by atoms with van der Waals surface area (Å²) >= 11 is 2.33. The van der Waals surface area contributed by atoms with Crippen LogP contribution in [0.5, 0.6) is 0 Å². The summed E-state index contributed by atoms with van der Waals surface area (Å²) in [6.45, 7) is 0.936. The van der Waals surface area contributed by atoms with Gasteiger partial charge in [0.05, 0.1) is 11.4 Å². The number of hydrogen-bond donors (Lipinski definition) is 1. The van der Waals surface area contributed by atoms with Crippen LogP contribution >= 0.6 is 22.6 Å². The van der Waals surface area contributed by atoms with Crippen LogP contribution in [0.3, 0.4) is 0 Å². The Morgan fingerprint density at radius 1 is 1.08 bits per heavy atom. The van der Waals surface area contributed by atoms with E-state index in [-0.39, 0.29) is 5.82 Å². The van der Waals surface area contributed by atoms with E-state index in [1.54, 1.807) is 12.1 Å². The summed E-state index contributed by atoms with van der Waals surface area (Å²) in [5.41, 5.74) is 4.27. The minimum absolute atomic E-state index is 0.234. The van der Waals surface area contributed by atoms with Crippen molar-refractivity contribution in [3.63, 3.8) is 0 Å². The molecule has 24 heavy (non-hydrogen) atoms. The van der Waals surface area contributed by atoms with Gasteiger partial charge in [-0.1, -0.05) is 12.1 Å². The van der Waals surface area contributed by atoms with Gasteiger partial charge in [-0.2, -0.15) is 5.10 Å². The molecule has 1 N–H and O–H groups in total. The topological polar surface area (TPSA) is 29.9 Å². The Balaban J connectivity index is 1.90. The average molecular weight is 433 g/mol. The highest BCUT2D eigenvalue weighted by atomic mass is 127. The number of hydrogen-bond acceptors (Lipinski definition) is 2. The second-order valence-electron chi connectivity index (χ2n) is 5.96.